The maximum atomic E-state index is 5.98. The fraction of sp³-hybridized carbons (Fsp3) is 0.0588. The molecule has 2 heterocycles. The summed E-state index contributed by atoms with van der Waals surface area (Å²) in [6.07, 6.45) is 1.61. The molecule has 114 valence electrons. The Morgan fingerprint density at radius 3 is 2.61 bits per heavy atom. The molecule has 0 fully saturated rings. The summed E-state index contributed by atoms with van der Waals surface area (Å²) in [6, 6.07) is 14.4. The van der Waals surface area contributed by atoms with E-state index < -0.39 is 0 Å². The molecule has 4 N–H and O–H groups in total. The zero-order valence-corrected chi connectivity index (χ0v) is 13.0. The normalized spacial score (nSPS) is 12.7. The average molecular weight is 322 g/mol. The molecule has 23 heavy (non-hydrogen) atoms. The van der Waals surface area contributed by atoms with Crippen molar-refractivity contribution in [1.29, 1.82) is 0 Å². The van der Waals surface area contributed by atoms with E-state index >= 15 is 0 Å². The highest BCUT2D eigenvalue weighted by atomic mass is 32.1. The van der Waals surface area contributed by atoms with Gasteiger partial charge in [0.15, 0.2) is 0 Å². The molecule has 1 atom stereocenters. The number of nitrogen functional groups attached to an aromatic ring is 2. The van der Waals surface area contributed by atoms with Crippen LogP contribution >= 0.6 is 12.6 Å². The van der Waals surface area contributed by atoms with Gasteiger partial charge in [0.1, 0.15) is 5.82 Å². The predicted molar refractivity (Wildman–Crippen MR) is 95.4 cm³/mol. The maximum absolute atomic E-state index is 5.98. The van der Waals surface area contributed by atoms with Crippen molar-refractivity contribution in [3.63, 3.8) is 0 Å². The molecule has 0 aliphatic carbocycles. The fourth-order valence-electron chi connectivity index (χ4n) is 2.77. The van der Waals surface area contributed by atoms with Crippen LogP contribution in [0.25, 0.3) is 21.9 Å². The van der Waals surface area contributed by atoms with Gasteiger partial charge in [-0.1, -0.05) is 36.4 Å². The Morgan fingerprint density at radius 2 is 1.78 bits per heavy atom. The molecule has 0 aliphatic rings. The Kier molecular flexibility index (Phi) is 3.12. The smallest absolute Gasteiger partial charge is 0.233 e. The molecule has 2 aromatic heterocycles. The van der Waals surface area contributed by atoms with Crippen LogP contribution in [0.5, 0.6) is 0 Å². The van der Waals surface area contributed by atoms with Crippen LogP contribution in [-0.2, 0) is 0 Å². The Balaban J connectivity index is 1.86. The number of nitrogens with zero attached hydrogens (tertiary/aromatic N) is 2. The van der Waals surface area contributed by atoms with E-state index in [-0.39, 0.29) is 11.2 Å². The zero-order chi connectivity index (χ0) is 16.0. The van der Waals surface area contributed by atoms with Gasteiger partial charge >= 0.3 is 0 Å². The first-order valence-electron chi connectivity index (χ1n) is 7.10. The Morgan fingerprint density at radius 1 is 1.00 bits per heavy atom. The van der Waals surface area contributed by atoms with Crippen LogP contribution in [0.1, 0.15) is 16.4 Å². The highest BCUT2D eigenvalue weighted by Crippen LogP contribution is 2.37. The second kappa shape index (κ2) is 5.17. The number of anilines is 2. The summed E-state index contributed by atoms with van der Waals surface area (Å²) >= 11 is 4.75. The van der Waals surface area contributed by atoms with Gasteiger partial charge in [-0.2, -0.15) is 22.6 Å². The van der Waals surface area contributed by atoms with Gasteiger partial charge in [-0.05, 0) is 22.4 Å². The fourth-order valence-corrected chi connectivity index (χ4v) is 3.12. The summed E-state index contributed by atoms with van der Waals surface area (Å²) < 4.78 is 5.48. The van der Waals surface area contributed by atoms with E-state index in [1.54, 1.807) is 6.26 Å². The molecular formula is C17H14N4OS. The molecule has 0 aliphatic heterocycles. The van der Waals surface area contributed by atoms with Gasteiger partial charge in [0.05, 0.1) is 16.9 Å². The quantitative estimate of drug-likeness (QED) is 0.491. The van der Waals surface area contributed by atoms with Crippen molar-refractivity contribution in [1.82, 2.24) is 9.97 Å². The molecule has 0 saturated carbocycles. The summed E-state index contributed by atoms with van der Waals surface area (Å²) in [5, 5.41) is 2.80. The summed E-state index contributed by atoms with van der Waals surface area (Å²) in [5.41, 5.74) is 13.8. The van der Waals surface area contributed by atoms with Crippen LogP contribution in [0.2, 0.25) is 0 Å². The standard InChI is InChI=1S/C17H14N4OS/c18-15-13-12(8-22-16(13)21-17(19)20-15)14(23)11-6-5-9-3-1-2-4-10(9)7-11/h1-8,14,23H,(H4,18,19,20,21). The second-order valence-electron chi connectivity index (χ2n) is 5.35. The number of hydrogen-bond donors (Lipinski definition) is 3. The van der Waals surface area contributed by atoms with E-state index in [1.807, 2.05) is 18.2 Å². The second-order valence-corrected chi connectivity index (χ2v) is 5.86. The molecule has 4 aromatic rings. The van der Waals surface area contributed by atoms with E-state index in [2.05, 4.69) is 34.2 Å². The zero-order valence-electron chi connectivity index (χ0n) is 12.1. The largest absolute Gasteiger partial charge is 0.446 e. The van der Waals surface area contributed by atoms with Crippen LogP contribution in [0.3, 0.4) is 0 Å². The predicted octanol–water partition coefficient (Wildman–Crippen LogP) is 3.56. The third kappa shape index (κ3) is 2.27. The highest BCUT2D eigenvalue weighted by molar-refractivity contribution is 7.80. The van der Waals surface area contributed by atoms with Crippen LogP contribution in [0, 0.1) is 0 Å². The summed E-state index contributed by atoms with van der Waals surface area (Å²) in [6.45, 7) is 0. The number of hydrogen-bond acceptors (Lipinski definition) is 6. The molecule has 0 saturated heterocycles. The Labute approximate surface area is 137 Å². The van der Waals surface area contributed by atoms with E-state index in [0.717, 1.165) is 16.5 Å². The van der Waals surface area contributed by atoms with E-state index in [4.69, 9.17) is 28.5 Å². The Bertz CT molecular complexity index is 1030. The van der Waals surface area contributed by atoms with Crippen LogP contribution < -0.4 is 11.5 Å². The molecule has 0 amide bonds. The highest BCUT2D eigenvalue weighted by Gasteiger charge is 2.20. The molecule has 0 spiro atoms. The van der Waals surface area contributed by atoms with Crippen LogP contribution in [-0.4, -0.2) is 9.97 Å². The lowest BCUT2D eigenvalue weighted by Gasteiger charge is -2.11. The number of furan rings is 1. The maximum Gasteiger partial charge on any atom is 0.233 e. The lowest BCUT2D eigenvalue weighted by molar-refractivity contribution is 0.599. The first kappa shape index (κ1) is 13.9. The SMILES string of the molecule is Nc1nc(N)c2c(C(S)c3ccc4ccccc4c3)coc2n1. The molecule has 5 nitrogen and oxygen atoms in total. The number of nitrogens with two attached hydrogens (primary N) is 2. The van der Waals surface area contributed by atoms with Crippen molar-refractivity contribution < 1.29 is 4.42 Å². The minimum atomic E-state index is -0.199. The van der Waals surface area contributed by atoms with Gasteiger partial charge in [0.2, 0.25) is 11.7 Å². The lowest BCUT2D eigenvalue weighted by atomic mass is 10.0. The minimum absolute atomic E-state index is 0.0947. The van der Waals surface area contributed by atoms with Crippen molar-refractivity contribution in [3.8, 4) is 0 Å². The first-order valence-corrected chi connectivity index (χ1v) is 7.62. The lowest BCUT2D eigenvalue weighted by Crippen LogP contribution is -2.01. The topological polar surface area (TPSA) is 91.0 Å². The number of fused-ring (bicyclic) bond motifs is 2. The van der Waals surface area contributed by atoms with Gasteiger partial charge in [-0.15, -0.1) is 0 Å². The van der Waals surface area contributed by atoms with Crippen molar-refractivity contribution >= 4 is 46.3 Å². The van der Waals surface area contributed by atoms with Crippen molar-refractivity contribution in [3.05, 3.63) is 59.9 Å². The molecule has 1 unspecified atom stereocenters. The van der Waals surface area contributed by atoms with Gasteiger partial charge in [-0.3, -0.25) is 0 Å². The van der Waals surface area contributed by atoms with Gasteiger partial charge in [0.25, 0.3) is 0 Å². The molecule has 6 heteroatoms. The van der Waals surface area contributed by atoms with Crippen LogP contribution in [0.15, 0.2) is 53.1 Å². The monoisotopic (exact) mass is 322 g/mol. The molecular weight excluding hydrogens is 308 g/mol. The third-order valence-corrected chi connectivity index (χ3v) is 4.47. The first-order chi connectivity index (χ1) is 11.1. The Hall–Kier alpha value is -2.73. The van der Waals surface area contributed by atoms with Crippen LogP contribution in [0.4, 0.5) is 11.8 Å². The third-order valence-electron chi connectivity index (χ3n) is 3.89. The number of thiol groups is 1. The van der Waals surface area contributed by atoms with Gasteiger partial charge < -0.3 is 15.9 Å². The minimum Gasteiger partial charge on any atom is -0.446 e. The van der Waals surface area contributed by atoms with Crippen molar-refractivity contribution in [2.24, 2.45) is 0 Å². The number of benzene rings is 2. The van der Waals surface area contributed by atoms with Gasteiger partial charge in [-0.25, -0.2) is 0 Å². The van der Waals surface area contributed by atoms with Crippen molar-refractivity contribution in [2.45, 2.75) is 5.25 Å². The average Bonchev–Trinajstić information content (AvgIpc) is 2.97. The summed E-state index contributed by atoms with van der Waals surface area (Å²) in [5.74, 6) is 0.397. The van der Waals surface area contributed by atoms with Crippen molar-refractivity contribution in [2.75, 3.05) is 11.5 Å². The number of rotatable bonds is 2. The van der Waals surface area contributed by atoms with E-state index in [1.165, 1.54) is 5.39 Å². The molecule has 0 bridgehead atoms. The molecule has 0 radical (unpaired) electrons. The molecule has 2 aromatic carbocycles. The molecule has 4 rings (SSSR count). The summed E-state index contributed by atoms with van der Waals surface area (Å²) in [7, 11) is 0. The van der Waals surface area contributed by atoms with E-state index in [9.17, 15) is 0 Å². The van der Waals surface area contributed by atoms with E-state index in [0.29, 0.717) is 16.9 Å². The number of aromatic nitrogens is 2. The van der Waals surface area contributed by atoms with Gasteiger partial charge in [0, 0.05) is 5.56 Å². The summed E-state index contributed by atoms with van der Waals surface area (Å²) in [4.78, 5) is 8.08.